The third-order valence-electron chi connectivity index (χ3n) is 2.41. The van der Waals surface area contributed by atoms with E-state index in [1.807, 2.05) is 11.8 Å². The van der Waals surface area contributed by atoms with Gasteiger partial charge in [0.15, 0.2) is 0 Å². The Hall–Kier alpha value is 0.550. The number of nitrogens with one attached hydrogen (secondary N) is 1. The summed E-state index contributed by atoms with van der Waals surface area (Å²) in [6.07, 6.45) is 5.07. The average Bonchev–Trinajstić information content (AvgIpc) is 2.51. The van der Waals surface area contributed by atoms with E-state index in [2.05, 4.69) is 11.0 Å². The molecule has 0 aromatic carbocycles. The highest BCUT2D eigenvalue weighted by Crippen LogP contribution is 2.28. The van der Waals surface area contributed by atoms with Gasteiger partial charge in [-0.1, -0.05) is 0 Å². The summed E-state index contributed by atoms with van der Waals surface area (Å²) in [7, 11) is -3.14. The van der Waals surface area contributed by atoms with Crippen LogP contribution in [-0.2, 0) is 10.0 Å². The van der Waals surface area contributed by atoms with Crippen LogP contribution in [0.4, 0.5) is 0 Å². The molecule has 1 fully saturated rings. The molecule has 0 aliphatic heterocycles. The van der Waals surface area contributed by atoms with Gasteiger partial charge in [0.2, 0.25) is 10.0 Å². The highest BCUT2D eigenvalue weighted by Gasteiger charge is 2.26. The van der Waals surface area contributed by atoms with Crippen LogP contribution in [0.25, 0.3) is 0 Å². The lowest BCUT2D eigenvalue weighted by Crippen LogP contribution is -2.35. The third-order valence-corrected chi connectivity index (χ3v) is 5.35. The average molecular weight is 258 g/mol. The van der Waals surface area contributed by atoms with Gasteiger partial charge in [0.05, 0.1) is 5.75 Å². The molecule has 0 bridgehead atoms. The molecule has 1 rings (SSSR count). The maximum Gasteiger partial charge on any atom is 0.213 e. The molecule has 1 saturated carbocycles. The molecule has 0 aromatic rings. The van der Waals surface area contributed by atoms with Crippen LogP contribution < -0.4 is 4.72 Å². The predicted octanol–water partition coefficient (Wildman–Crippen LogP) is 1.43. The standard InChI is InChI=1S/C8H16ClNO2S2/c1-13-8-3-2-7(6-8)10-14(11,12)5-4-9/h7-8,10H,2-6H2,1H3. The van der Waals surface area contributed by atoms with E-state index in [-0.39, 0.29) is 17.7 Å². The van der Waals surface area contributed by atoms with Gasteiger partial charge in [0, 0.05) is 17.2 Å². The quantitative estimate of drug-likeness (QED) is 0.758. The molecule has 6 heteroatoms. The second-order valence-electron chi connectivity index (χ2n) is 3.49. The number of hydrogen-bond acceptors (Lipinski definition) is 3. The Morgan fingerprint density at radius 3 is 2.71 bits per heavy atom. The first-order valence-corrected chi connectivity index (χ1v) is 8.13. The van der Waals surface area contributed by atoms with E-state index in [0.29, 0.717) is 5.25 Å². The Kier molecular flexibility index (Phi) is 5.03. The molecule has 14 heavy (non-hydrogen) atoms. The van der Waals surface area contributed by atoms with Crippen molar-refractivity contribution in [3.05, 3.63) is 0 Å². The molecule has 0 amide bonds. The lowest BCUT2D eigenvalue weighted by Gasteiger charge is -2.12. The van der Waals surface area contributed by atoms with Crippen LogP contribution >= 0.6 is 23.4 Å². The Morgan fingerprint density at radius 2 is 2.21 bits per heavy atom. The summed E-state index contributed by atoms with van der Waals surface area (Å²) in [4.78, 5) is 0. The van der Waals surface area contributed by atoms with Gasteiger partial charge in [-0.25, -0.2) is 13.1 Å². The minimum Gasteiger partial charge on any atom is -0.212 e. The minimum atomic E-state index is -3.14. The van der Waals surface area contributed by atoms with E-state index in [1.165, 1.54) is 0 Å². The van der Waals surface area contributed by atoms with Crippen LogP contribution in [-0.4, -0.2) is 37.6 Å². The summed E-state index contributed by atoms with van der Waals surface area (Å²) in [5.41, 5.74) is 0. The molecule has 1 aliphatic carbocycles. The van der Waals surface area contributed by atoms with E-state index in [4.69, 9.17) is 11.6 Å². The van der Waals surface area contributed by atoms with Gasteiger partial charge in [0.25, 0.3) is 0 Å². The van der Waals surface area contributed by atoms with Crippen molar-refractivity contribution in [3.8, 4) is 0 Å². The van der Waals surface area contributed by atoms with Crippen LogP contribution in [0.5, 0.6) is 0 Å². The van der Waals surface area contributed by atoms with Crippen LogP contribution in [0.1, 0.15) is 19.3 Å². The molecule has 0 spiro atoms. The van der Waals surface area contributed by atoms with Crippen LogP contribution in [0.2, 0.25) is 0 Å². The van der Waals surface area contributed by atoms with E-state index in [0.717, 1.165) is 19.3 Å². The lowest BCUT2D eigenvalue weighted by atomic mass is 10.3. The molecule has 0 heterocycles. The van der Waals surface area contributed by atoms with Gasteiger partial charge < -0.3 is 0 Å². The number of sulfonamides is 1. The van der Waals surface area contributed by atoms with Crippen molar-refractivity contribution in [2.45, 2.75) is 30.6 Å². The predicted molar refractivity (Wildman–Crippen MR) is 62.6 cm³/mol. The molecule has 0 saturated heterocycles. The van der Waals surface area contributed by atoms with Gasteiger partial charge in [0.1, 0.15) is 0 Å². The van der Waals surface area contributed by atoms with Crippen molar-refractivity contribution in [1.82, 2.24) is 4.72 Å². The normalized spacial score (nSPS) is 28.1. The molecule has 0 aromatic heterocycles. The molecular weight excluding hydrogens is 242 g/mol. The Morgan fingerprint density at radius 1 is 1.50 bits per heavy atom. The smallest absolute Gasteiger partial charge is 0.212 e. The van der Waals surface area contributed by atoms with E-state index in [9.17, 15) is 8.42 Å². The largest absolute Gasteiger partial charge is 0.213 e. The van der Waals surface area contributed by atoms with Gasteiger partial charge in [-0.3, -0.25) is 0 Å². The highest BCUT2D eigenvalue weighted by molar-refractivity contribution is 7.99. The molecule has 2 atom stereocenters. The van der Waals surface area contributed by atoms with Crippen molar-refractivity contribution in [1.29, 1.82) is 0 Å². The molecular formula is C8H16ClNO2S2. The second kappa shape index (κ2) is 5.58. The fourth-order valence-electron chi connectivity index (χ4n) is 1.68. The Bertz CT molecular complexity index is 269. The van der Waals surface area contributed by atoms with Gasteiger partial charge in [-0.2, -0.15) is 11.8 Å². The first-order valence-electron chi connectivity index (χ1n) is 4.66. The van der Waals surface area contributed by atoms with E-state index < -0.39 is 10.0 Å². The maximum atomic E-state index is 11.4. The zero-order valence-electron chi connectivity index (χ0n) is 8.20. The van der Waals surface area contributed by atoms with Crippen LogP contribution in [0.3, 0.4) is 0 Å². The summed E-state index contributed by atoms with van der Waals surface area (Å²) in [5, 5.41) is 0.610. The van der Waals surface area contributed by atoms with Crippen molar-refractivity contribution in [3.63, 3.8) is 0 Å². The summed E-state index contributed by atoms with van der Waals surface area (Å²) in [6.45, 7) is 0. The Labute approximate surface area is 95.0 Å². The number of halogens is 1. The number of alkyl halides is 1. The van der Waals surface area contributed by atoms with E-state index in [1.54, 1.807) is 0 Å². The number of rotatable bonds is 5. The van der Waals surface area contributed by atoms with Crippen molar-refractivity contribution < 1.29 is 8.42 Å². The van der Waals surface area contributed by atoms with Crippen molar-refractivity contribution in [2.75, 3.05) is 17.9 Å². The summed E-state index contributed by atoms with van der Waals surface area (Å²) in [5.74, 6) is 0.184. The molecule has 3 nitrogen and oxygen atoms in total. The van der Waals surface area contributed by atoms with Gasteiger partial charge >= 0.3 is 0 Å². The fraction of sp³-hybridized carbons (Fsp3) is 1.00. The monoisotopic (exact) mass is 257 g/mol. The lowest BCUT2D eigenvalue weighted by molar-refractivity contribution is 0.554. The van der Waals surface area contributed by atoms with E-state index >= 15 is 0 Å². The molecule has 2 unspecified atom stereocenters. The highest BCUT2D eigenvalue weighted by atomic mass is 35.5. The van der Waals surface area contributed by atoms with Gasteiger partial charge in [-0.15, -0.1) is 11.6 Å². The number of hydrogen-bond donors (Lipinski definition) is 1. The number of thioether (sulfide) groups is 1. The van der Waals surface area contributed by atoms with Gasteiger partial charge in [-0.05, 0) is 25.5 Å². The third kappa shape index (κ3) is 3.96. The topological polar surface area (TPSA) is 46.2 Å². The molecule has 0 radical (unpaired) electrons. The minimum absolute atomic E-state index is 0.0228. The van der Waals surface area contributed by atoms with Crippen molar-refractivity contribution in [2.24, 2.45) is 0 Å². The second-order valence-corrected chi connectivity index (χ2v) is 6.88. The molecule has 1 aliphatic rings. The summed E-state index contributed by atoms with van der Waals surface area (Å²) in [6, 6.07) is 0.126. The maximum absolute atomic E-state index is 11.4. The van der Waals surface area contributed by atoms with Crippen LogP contribution in [0, 0.1) is 0 Å². The summed E-state index contributed by atoms with van der Waals surface area (Å²) >= 11 is 7.22. The zero-order chi connectivity index (χ0) is 10.6. The van der Waals surface area contributed by atoms with Crippen molar-refractivity contribution >= 4 is 33.4 Å². The molecule has 1 N–H and O–H groups in total. The summed E-state index contributed by atoms with van der Waals surface area (Å²) < 4.78 is 25.5. The SMILES string of the molecule is CSC1CCC(NS(=O)(=O)CCCl)C1. The fourth-order valence-corrected chi connectivity index (χ4v) is 4.12. The van der Waals surface area contributed by atoms with Crippen LogP contribution in [0.15, 0.2) is 0 Å². The zero-order valence-corrected chi connectivity index (χ0v) is 10.6. The Balaban J connectivity index is 2.39. The first-order chi connectivity index (χ1) is 6.57. The molecule has 84 valence electrons. The first kappa shape index (κ1) is 12.6.